The maximum Gasteiger partial charge on any atom is 0.192 e. The molecule has 0 saturated carbocycles. The summed E-state index contributed by atoms with van der Waals surface area (Å²) < 4.78 is 11.8. The fourth-order valence-electron chi connectivity index (χ4n) is 5.38. The molecule has 12 heteroatoms. The number of nitrogens with zero attached hydrogens (tertiary/aromatic N) is 1. The first-order valence-corrected chi connectivity index (χ1v) is 13.1. The number of nitrogens with one attached hydrogen (secondary N) is 1. The van der Waals surface area contributed by atoms with E-state index < -0.39 is 48.8 Å². The lowest BCUT2D eigenvalue weighted by molar-refractivity contribution is -0.861. The molecule has 3 aliphatic heterocycles. The maximum atomic E-state index is 12.5. The van der Waals surface area contributed by atoms with Crippen molar-refractivity contribution in [3.8, 4) is 5.75 Å². The van der Waals surface area contributed by atoms with Crippen LogP contribution in [0.25, 0.3) is 11.0 Å². The topological polar surface area (TPSA) is 176 Å². The second kappa shape index (κ2) is 10.8. The number of aliphatic hydroxyl groups is 5. The van der Waals surface area contributed by atoms with E-state index in [2.05, 4.69) is 4.99 Å². The number of fused-ring (bicyclic) bond motifs is 3. The van der Waals surface area contributed by atoms with E-state index >= 15 is 0 Å². The highest BCUT2D eigenvalue weighted by Gasteiger charge is 2.51. The van der Waals surface area contributed by atoms with Gasteiger partial charge in [0.1, 0.15) is 66.0 Å². The van der Waals surface area contributed by atoms with E-state index in [1.54, 1.807) is 51.4 Å². The SMILES string of the molecule is Cc1cc(=O)c2cc3c(cc2o1)OC(C)(C)[C@H](OOC[C@H](O)[C@](O)(C[NH+]1C=CC2=NC=CC21)[C@H](O)[C@H](O)CO)C3. The minimum absolute atomic E-state index is 0.174. The summed E-state index contributed by atoms with van der Waals surface area (Å²) in [6, 6.07) is 4.58. The Morgan fingerprint density at radius 1 is 1.25 bits per heavy atom. The van der Waals surface area contributed by atoms with E-state index in [9.17, 15) is 30.3 Å². The van der Waals surface area contributed by atoms with Crippen molar-refractivity contribution >= 4 is 16.7 Å². The van der Waals surface area contributed by atoms with Gasteiger partial charge in [-0.05, 0) is 38.5 Å². The van der Waals surface area contributed by atoms with Gasteiger partial charge >= 0.3 is 0 Å². The lowest BCUT2D eigenvalue weighted by Crippen LogP contribution is -3.13. The molecule has 0 amide bonds. The van der Waals surface area contributed by atoms with Crippen LogP contribution in [0, 0.1) is 6.92 Å². The molecule has 0 fully saturated rings. The Morgan fingerprint density at radius 2 is 2.02 bits per heavy atom. The number of hydrogen-bond donors (Lipinski definition) is 6. The van der Waals surface area contributed by atoms with E-state index in [4.69, 9.17) is 18.9 Å². The minimum Gasteiger partial charge on any atom is -0.485 e. The fraction of sp³-hybridized carbons (Fsp3) is 0.500. The number of rotatable bonds is 10. The highest BCUT2D eigenvalue weighted by molar-refractivity contribution is 6.02. The number of hydrogen-bond acceptors (Lipinski definition) is 11. The van der Waals surface area contributed by atoms with Gasteiger partial charge in [0.2, 0.25) is 0 Å². The van der Waals surface area contributed by atoms with Gasteiger partial charge in [0.05, 0.1) is 18.2 Å². The molecule has 0 radical (unpaired) electrons. The summed E-state index contributed by atoms with van der Waals surface area (Å²) in [5.41, 5.74) is -1.44. The average molecular weight is 560 g/mol. The lowest BCUT2D eigenvalue weighted by atomic mass is 9.86. The van der Waals surface area contributed by atoms with Crippen LogP contribution in [0.3, 0.4) is 0 Å². The smallest absolute Gasteiger partial charge is 0.192 e. The lowest BCUT2D eigenvalue weighted by Gasteiger charge is -2.40. The Hall–Kier alpha value is -2.94. The van der Waals surface area contributed by atoms with Crippen LogP contribution in [0.15, 0.2) is 57.0 Å². The van der Waals surface area contributed by atoms with Crippen molar-refractivity contribution in [2.75, 3.05) is 19.8 Å². The van der Waals surface area contributed by atoms with Gasteiger partial charge in [-0.15, -0.1) is 0 Å². The average Bonchev–Trinajstić information content (AvgIpc) is 3.52. The van der Waals surface area contributed by atoms with Crippen LogP contribution in [-0.4, -0.2) is 92.7 Å². The Labute approximate surface area is 230 Å². The monoisotopic (exact) mass is 559 g/mol. The number of aliphatic hydroxyl groups excluding tert-OH is 4. The van der Waals surface area contributed by atoms with Gasteiger partial charge in [-0.3, -0.25) is 14.7 Å². The zero-order chi connectivity index (χ0) is 28.8. The van der Waals surface area contributed by atoms with Crippen LogP contribution >= 0.6 is 0 Å². The first-order chi connectivity index (χ1) is 18.9. The molecule has 0 bridgehead atoms. The molecule has 3 aliphatic rings. The van der Waals surface area contributed by atoms with Crippen molar-refractivity contribution in [1.29, 1.82) is 0 Å². The summed E-state index contributed by atoms with van der Waals surface area (Å²) in [7, 11) is 0. The summed E-state index contributed by atoms with van der Waals surface area (Å²) in [5, 5.41) is 53.1. The van der Waals surface area contributed by atoms with Gasteiger partial charge in [0.25, 0.3) is 0 Å². The second-order valence-electron chi connectivity index (χ2n) is 11.1. The standard InChI is InChI=1S/C28H34N2O10/c1-15-8-20(32)17-9-16-10-25(27(2,3)39-22(16)11-23(17)38-15)40-37-13-24(34)28(36,26(35)21(33)12-31)14-30-7-5-18-19(30)4-6-29-18/h4-9,11,19,21,24-26,31,33-36H,10,12-14H2,1-3H3/p+1/t19?,21-,24+,25-,26-,28-/m1/s1. The van der Waals surface area contributed by atoms with Gasteiger partial charge in [-0.1, -0.05) is 0 Å². The van der Waals surface area contributed by atoms with Gasteiger partial charge in [0, 0.05) is 30.8 Å². The molecule has 40 heavy (non-hydrogen) atoms. The molecule has 0 aliphatic carbocycles. The van der Waals surface area contributed by atoms with Crippen molar-refractivity contribution in [2.24, 2.45) is 4.99 Å². The number of quaternary nitrogens is 1. The van der Waals surface area contributed by atoms with Crippen LogP contribution in [0.4, 0.5) is 0 Å². The number of aryl methyl sites for hydroxylation is 1. The largest absolute Gasteiger partial charge is 0.485 e. The molecule has 5 rings (SSSR count). The van der Waals surface area contributed by atoms with Crippen molar-refractivity contribution in [1.82, 2.24) is 0 Å². The Kier molecular flexibility index (Phi) is 7.72. The van der Waals surface area contributed by atoms with Crippen molar-refractivity contribution in [3.05, 3.63) is 64.3 Å². The highest BCUT2D eigenvalue weighted by atomic mass is 17.2. The Morgan fingerprint density at radius 3 is 2.77 bits per heavy atom. The van der Waals surface area contributed by atoms with Crippen LogP contribution in [0.1, 0.15) is 25.2 Å². The van der Waals surface area contributed by atoms with E-state index in [1.165, 1.54) is 6.07 Å². The summed E-state index contributed by atoms with van der Waals surface area (Å²) in [5.74, 6) is 1.04. The molecule has 2 unspecified atom stereocenters. The van der Waals surface area contributed by atoms with Gasteiger partial charge in [0.15, 0.2) is 17.1 Å². The molecular weight excluding hydrogens is 524 g/mol. The number of benzene rings is 1. The molecule has 0 saturated heterocycles. The van der Waals surface area contributed by atoms with E-state index in [-0.39, 0.29) is 18.0 Å². The van der Waals surface area contributed by atoms with Crippen LogP contribution in [-0.2, 0) is 16.2 Å². The zero-order valence-electron chi connectivity index (χ0n) is 22.5. The van der Waals surface area contributed by atoms with E-state index in [1.807, 2.05) is 6.08 Å². The van der Waals surface area contributed by atoms with E-state index in [0.29, 0.717) is 39.4 Å². The molecule has 6 N–H and O–H groups in total. The first kappa shape index (κ1) is 28.6. The van der Waals surface area contributed by atoms with Crippen molar-refractivity contribution in [2.45, 2.75) is 68.9 Å². The predicted molar refractivity (Wildman–Crippen MR) is 142 cm³/mol. The Balaban J connectivity index is 1.29. The predicted octanol–water partition coefficient (Wildman–Crippen LogP) is -1.31. The summed E-state index contributed by atoms with van der Waals surface area (Å²) >= 11 is 0. The van der Waals surface area contributed by atoms with Crippen molar-refractivity contribution < 1.29 is 49.4 Å². The normalized spacial score (nSPS) is 26.5. The first-order valence-electron chi connectivity index (χ1n) is 13.1. The van der Waals surface area contributed by atoms with Gasteiger partial charge in [-0.2, -0.15) is 0 Å². The summed E-state index contributed by atoms with van der Waals surface area (Å²) in [4.78, 5) is 28.4. The molecule has 7 atom stereocenters. The van der Waals surface area contributed by atoms with Crippen LogP contribution in [0.2, 0.25) is 0 Å². The van der Waals surface area contributed by atoms with Crippen LogP contribution in [0.5, 0.6) is 5.75 Å². The molecule has 12 nitrogen and oxygen atoms in total. The minimum atomic E-state index is -2.28. The summed E-state index contributed by atoms with van der Waals surface area (Å²) in [6.07, 6.45) is 1.30. The van der Waals surface area contributed by atoms with E-state index in [0.717, 1.165) is 5.71 Å². The third-order valence-corrected chi connectivity index (χ3v) is 7.81. The molecule has 4 heterocycles. The molecular formula is C28H35N2O10+. The van der Waals surface area contributed by atoms with Crippen molar-refractivity contribution in [3.63, 3.8) is 0 Å². The molecule has 1 aromatic heterocycles. The molecule has 2 aromatic rings. The third kappa shape index (κ3) is 5.24. The molecule has 216 valence electrons. The van der Waals surface area contributed by atoms with Crippen LogP contribution < -0.4 is 15.1 Å². The number of ether oxygens (including phenoxy) is 1. The van der Waals surface area contributed by atoms with Gasteiger partial charge in [-0.25, -0.2) is 9.78 Å². The molecule has 0 spiro atoms. The summed E-state index contributed by atoms with van der Waals surface area (Å²) in [6.45, 7) is 3.68. The molecule has 1 aromatic carbocycles. The highest BCUT2D eigenvalue weighted by Crippen LogP contribution is 2.37. The fourth-order valence-corrected chi connectivity index (χ4v) is 5.38. The maximum absolute atomic E-state index is 12.5. The second-order valence-corrected chi connectivity index (χ2v) is 11.1. The number of aliphatic imine (C=N–C) groups is 1. The Bertz CT molecular complexity index is 1420. The zero-order valence-corrected chi connectivity index (χ0v) is 22.5. The van der Waals surface area contributed by atoms with Gasteiger partial charge < -0.3 is 34.7 Å². The quantitative estimate of drug-likeness (QED) is 0.151. The third-order valence-electron chi connectivity index (χ3n) is 7.81.